The average molecular weight is 316 g/mol. The van der Waals surface area contributed by atoms with Crippen LogP contribution < -0.4 is 5.32 Å². The van der Waals surface area contributed by atoms with Crippen LogP contribution in [0.5, 0.6) is 0 Å². The first-order valence-electron chi connectivity index (χ1n) is 7.82. The molecule has 0 radical (unpaired) electrons. The summed E-state index contributed by atoms with van der Waals surface area (Å²) >= 11 is 6.01. The Kier molecular flexibility index (Phi) is 4.82. The SMILES string of the molecule is COC1(Cc2ccccc2-c2ccc(Cl)cc2)CCNCC1. The number of hydrogen-bond acceptors (Lipinski definition) is 2. The monoisotopic (exact) mass is 315 g/mol. The van der Waals surface area contributed by atoms with Gasteiger partial charge in [0, 0.05) is 18.6 Å². The van der Waals surface area contributed by atoms with Gasteiger partial charge in [0.05, 0.1) is 5.60 Å². The zero-order valence-electron chi connectivity index (χ0n) is 12.9. The molecule has 1 fully saturated rings. The number of halogens is 1. The molecule has 3 heteroatoms. The second kappa shape index (κ2) is 6.82. The molecule has 0 aromatic heterocycles. The predicted octanol–water partition coefficient (Wildman–Crippen LogP) is 4.32. The van der Waals surface area contributed by atoms with Crippen LogP contribution in [-0.4, -0.2) is 25.8 Å². The maximum atomic E-state index is 6.01. The lowest BCUT2D eigenvalue weighted by Crippen LogP contribution is -2.45. The Balaban J connectivity index is 1.92. The van der Waals surface area contributed by atoms with Crippen molar-refractivity contribution in [1.29, 1.82) is 0 Å². The van der Waals surface area contributed by atoms with Gasteiger partial charge in [-0.3, -0.25) is 0 Å². The highest BCUT2D eigenvalue weighted by Gasteiger charge is 2.32. The molecule has 0 atom stereocenters. The van der Waals surface area contributed by atoms with E-state index in [2.05, 4.69) is 41.7 Å². The standard InChI is InChI=1S/C19H22ClNO/c1-22-19(10-12-21-13-11-19)14-16-4-2-3-5-18(16)15-6-8-17(20)9-7-15/h2-9,21H,10-14H2,1H3. The summed E-state index contributed by atoms with van der Waals surface area (Å²) in [6, 6.07) is 16.7. The molecule has 0 saturated carbocycles. The number of rotatable bonds is 4. The fraction of sp³-hybridized carbons (Fsp3) is 0.368. The Hall–Kier alpha value is -1.35. The van der Waals surface area contributed by atoms with Gasteiger partial charge in [-0.2, -0.15) is 0 Å². The molecule has 1 aliphatic heterocycles. The van der Waals surface area contributed by atoms with Crippen LogP contribution in [0, 0.1) is 0 Å². The third kappa shape index (κ3) is 3.35. The molecule has 0 bridgehead atoms. The first-order chi connectivity index (χ1) is 10.7. The Morgan fingerprint density at radius 1 is 1.05 bits per heavy atom. The Morgan fingerprint density at radius 2 is 1.73 bits per heavy atom. The summed E-state index contributed by atoms with van der Waals surface area (Å²) in [6.07, 6.45) is 3.06. The van der Waals surface area contributed by atoms with Gasteiger partial charge in [-0.25, -0.2) is 0 Å². The van der Waals surface area contributed by atoms with Gasteiger partial charge in [0.2, 0.25) is 0 Å². The number of ether oxygens (including phenoxy) is 1. The Morgan fingerprint density at radius 3 is 2.41 bits per heavy atom. The van der Waals surface area contributed by atoms with E-state index < -0.39 is 0 Å². The van der Waals surface area contributed by atoms with Gasteiger partial charge in [0.1, 0.15) is 0 Å². The average Bonchev–Trinajstić information content (AvgIpc) is 2.57. The van der Waals surface area contributed by atoms with Crippen LogP contribution in [0.2, 0.25) is 5.02 Å². The van der Waals surface area contributed by atoms with Crippen molar-refractivity contribution in [2.45, 2.75) is 24.9 Å². The minimum absolute atomic E-state index is 0.0478. The van der Waals surface area contributed by atoms with E-state index in [0.29, 0.717) is 0 Å². The zero-order chi connectivity index (χ0) is 15.4. The molecule has 2 nitrogen and oxygen atoms in total. The third-order valence-corrected chi connectivity index (χ3v) is 4.88. The van der Waals surface area contributed by atoms with Gasteiger partial charge in [-0.1, -0.05) is 48.0 Å². The highest BCUT2D eigenvalue weighted by molar-refractivity contribution is 6.30. The molecule has 2 aromatic rings. The highest BCUT2D eigenvalue weighted by Crippen LogP contribution is 2.32. The molecule has 0 spiro atoms. The molecule has 1 aliphatic rings. The molecule has 2 aromatic carbocycles. The van der Waals surface area contributed by atoms with E-state index in [4.69, 9.17) is 16.3 Å². The maximum absolute atomic E-state index is 6.01. The van der Waals surface area contributed by atoms with Crippen LogP contribution in [0.1, 0.15) is 18.4 Å². The minimum atomic E-state index is -0.0478. The van der Waals surface area contributed by atoms with Crippen molar-refractivity contribution in [3.63, 3.8) is 0 Å². The first-order valence-corrected chi connectivity index (χ1v) is 8.20. The fourth-order valence-electron chi connectivity index (χ4n) is 3.27. The van der Waals surface area contributed by atoms with Crippen molar-refractivity contribution in [3.8, 4) is 11.1 Å². The van der Waals surface area contributed by atoms with Crippen LogP contribution >= 0.6 is 11.6 Å². The topological polar surface area (TPSA) is 21.3 Å². The second-order valence-electron chi connectivity index (χ2n) is 5.98. The summed E-state index contributed by atoms with van der Waals surface area (Å²) in [7, 11) is 1.84. The lowest BCUT2D eigenvalue weighted by molar-refractivity contribution is -0.0332. The zero-order valence-corrected chi connectivity index (χ0v) is 13.7. The molecular weight excluding hydrogens is 294 g/mol. The van der Waals surface area contributed by atoms with E-state index in [9.17, 15) is 0 Å². The van der Waals surface area contributed by atoms with E-state index in [0.717, 1.165) is 37.4 Å². The molecule has 1 saturated heterocycles. The van der Waals surface area contributed by atoms with Crippen LogP contribution in [-0.2, 0) is 11.2 Å². The predicted molar refractivity (Wildman–Crippen MR) is 92.4 cm³/mol. The first kappa shape index (κ1) is 15.5. The fourth-order valence-corrected chi connectivity index (χ4v) is 3.39. The van der Waals surface area contributed by atoms with Crippen LogP contribution in [0.25, 0.3) is 11.1 Å². The number of methoxy groups -OCH3 is 1. The molecule has 0 amide bonds. The molecular formula is C19H22ClNO. The highest BCUT2D eigenvalue weighted by atomic mass is 35.5. The van der Waals surface area contributed by atoms with Gasteiger partial charge in [-0.15, -0.1) is 0 Å². The van der Waals surface area contributed by atoms with Crippen molar-refractivity contribution in [3.05, 3.63) is 59.1 Å². The summed E-state index contributed by atoms with van der Waals surface area (Å²) in [6.45, 7) is 2.05. The smallest absolute Gasteiger partial charge is 0.0743 e. The van der Waals surface area contributed by atoms with E-state index >= 15 is 0 Å². The normalized spacial score (nSPS) is 17.4. The summed E-state index contributed by atoms with van der Waals surface area (Å²) in [5, 5.41) is 4.19. The number of benzene rings is 2. The van der Waals surface area contributed by atoms with Gasteiger partial charge in [0.15, 0.2) is 0 Å². The van der Waals surface area contributed by atoms with Crippen molar-refractivity contribution in [2.75, 3.05) is 20.2 Å². The van der Waals surface area contributed by atoms with Gasteiger partial charge >= 0.3 is 0 Å². The summed E-state index contributed by atoms with van der Waals surface area (Å²) in [4.78, 5) is 0. The van der Waals surface area contributed by atoms with Crippen LogP contribution in [0.15, 0.2) is 48.5 Å². The molecule has 0 aliphatic carbocycles. The van der Waals surface area contributed by atoms with E-state index in [1.165, 1.54) is 16.7 Å². The molecule has 1 N–H and O–H groups in total. The van der Waals surface area contributed by atoms with E-state index in [1.54, 1.807) is 0 Å². The van der Waals surface area contributed by atoms with Crippen LogP contribution in [0.4, 0.5) is 0 Å². The Labute approximate surface area is 137 Å². The molecule has 1 heterocycles. The van der Waals surface area contributed by atoms with Crippen molar-refractivity contribution in [2.24, 2.45) is 0 Å². The third-order valence-electron chi connectivity index (χ3n) is 4.63. The van der Waals surface area contributed by atoms with E-state index in [1.807, 2.05) is 19.2 Å². The molecule has 0 unspecified atom stereocenters. The lowest BCUT2D eigenvalue weighted by Gasteiger charge is -2.37. The van der Waals surface area contributed by atoms with Gasteiger partial charge in [0.25, 0.3) is 0 Å². The van der Waals surface area contributed by atoms with E-state index in [-0.39, 0.29) is 5.60 Å². The number of hydrogen-bond donors (Lipinski definition) is 1. The summed E-state index contributed by atoms with van der Waals surface area (Å²) < 4.78 is 5.93. The second-order valence-corrected chi connectivity index (χ2v) is 6.41. The van der Waals surface area contributed by atoms with Gasteiger partial charge < -0.3 is 10.1 Å². The quantitative estimate of drug-likeness (QED) is 0.907. The van der Waals surface area contributed by atoms with Crippen molar-refractivity contribution in [1.82, 2.24) is 5.32 Å². The summed E-state index contributed by atoms with van der Waals surface area (Å²) in [5.74, 6) is 0. The largest absolute Gasteiger partial charge is 0.378 e. The molecule has 116 valence electrons. The van der Waals surface area contributed by atoms with Gasteiger partial charge in [-0.05, 0) is 54.8 Å². The number of nitrogens with one attached hydrogen (secondary N) is 1. The van der Waals surface area contributed by atoms with Crippen molar-refractivity contribution < 1.29 is 4.74 Å². The minimum Gasteiger partial charge on any atom is -0.378 e. The number of piperidine rings is 1. The molecule has 3 rings (SSSR count). The van der Waals surface area contributed by atoms with Crippen molar-refractivity contribution >= 4 is 11.6 Å². The maximum Gasteiger partial charge on any atom is 0.0743 e. The summed E-state index contributed by atoms with van der Waals surface area (Å²) in [5.41, 5.74) is 3.77. The molecule has 22 heavy (non-hydrogen) atoms. The van der Waals surface area contributed by atoms with Crippen LogP contribution in [0.3, 0.4) is 0 Å². The Bertz CT molecular complexity index is 618. The lowest BCUT2D eigenvalue weighted by atomic mass is 9.83.